The molecule has 1 aromatic rings. The second-order valence-corrected chi connectivity index (χ2v) is 5.75. The number of benzene rings is 1. The van der Waals surface area contributed by atoms with Crippen molar-refractivity contribution in [3.05, 3.63) is 34.9 Å². The average molecular weight is 260 g/mol. The molecule has 3 heteroatoms. The molecule has 0 bridgehead atoms. The molecule has 0 radical (unpaired) electrons. The first kappa shape index (κ1) is 14.1. The Bertz CT molecular complexity index is 450. The average Bonchev–Trinajstić information content (AvgIpc) is 2.37. The molecule has 104 valence electrons. The maximum Gasteiger partial charge on any atom is 0.253 e. The fourth-order valence-electron chi connectivity index (χ4n) is 2.95. The summed E-state index contributed by atoms with van der Waals surface area (Å²) in [5, 5.41) is 0. The van der Waals surface area contributed by atoms with Crippen molar-refractivity contribution in [3.8, 4) is 0 Å². The van der Waals surface area contributed by atoms with Crippen molar-refractivity contribution in [2.24, 2.45) is 11.7 Å². The fraction of sp³-hybridized carbons (Fsp3) is 0.562. The van der Waals surface area contributed by atoms with Gasteiger partial charge >= 0.3 is 0 Å². The maximum atomic E-state index is 12.6. The van der Waals surface area contributed by atoms with Crippen molar-refractivity contribution >= 4 is 5.91 Å². The Morgan fingerprint density at radius 1 is 1.32 bits per heavy atom. The van der Waals surface area contributed by atoms with E-state index in [2.05, 4.69) is 13.0 Å². The van der Waals surface area contributed by atoms with E-state index in [-0.39, 0.29) is 11.9 Å². The zero-order valence-corrected chi connectivity index (χ0v) is 12.1. The highest BCUT2D eigenvalue weighted by atomic mass is 16.2. The summed E-state index contributed by atoms with van der Waals surface area (Å²) < 4.78 is 0. The number of piperidine rings is 1. The fourth-order valence-corrected chi connectivity index (χ4v) is 2.95. The topological polar surface area (TPSA) is 46.3 Å². The molecular weight excluding hydrogens is 236 g/mol. The Morgan fingerprint density at radius 3 is 2.53 bits per heavy atom. The van der Waals surface area contributed by atoms with Crippen LogP contribution in [0.25, 0.3) is 0 Å². The van der Waals surface area contributed by atoms with Gasteiger partial charge in [-0.1, -0.05) is 30.5 Å². The minimum atomic E-state index is 0.150. The SMILES string of the molecule is CCC1CN(C(=O)c2cc(C)cc(C)c2)CCC1N. The number of likely N-dealkylation sites (tertiary alicyclic amines) is 1. The summed E-state index contributed by atoms with van der Waals surface area (Å²) in [5.74, 6) is 0.584. The molecule has 0 aliphatic carbocycles. The predicted octanol–water partition coefficient (Wildman–Crippen LogP) is 2.50. The van der Waals surface area contributed by atoms with Gasteiger partial charge in [-0.2, -0.15) is 0 Å². The molecule has 2 unspecified atom stereocenters. The van der Waals surface area contributed by atoms with Gasteiger partial charge in [-0.3, -0.25) is 4.79 Å². The normalized spacial score (nSPS) is 23.5. The van der Waals surface area contributed by atoms with E-state index in [1.54, 1.807) is 0 Å². The zero-order valence-electron chi connectivity index (χ0n) is 12.1. The van der Waals surface area contributed by atoms with Crippen molar-refractivity contribution in [1.82, 2.24) is 4.90 Å². The zero-order chi connectivity index (χ0) is 14.0. The van der Waals surface area contributed by atoms with Crippen molar-refractivity contribution in [3.63, 3.8) is 0 Å². The number of amides is 1. The van der Waals surface area contributed by atoms with Gasteiger partial charge in [0.1, 0.15) is 0 Å². The van der Waals surface area contributed by atoms with Crippen LogP contribution in [-0.2, 0) is 0 Å². The number of aryl methyl sites for hydroxylation is 2. The van der Waals surface area contributed by atoms with Crippen LogP contribution in [0.5, 0.6) is 0 Å². The van der Waals surface area contributed by atoms with Crippen LogP contribution in [0.2, 0.25) is 0 Å². The van der Waals surface area contributed by atoms with Gasteiger partial charge in [-0.15, -0.1) is 0 Å². The molecule has 0 aromatic heterocycles. The van der Waals surface area contributed by atoms with Gasteiger partial charge in [0.15, 0.2) is 0 Å². The summed E-state index contributed by atoms with van der Waals surface area (Å²) in [4.78, 5) is 14.5. The van der Waals surface area contributed by atoms with Crippen LogP contribution in [0, 0.1) is 19.8 Å². The highest BCUT2D eigenvalue weighted by Crippen LogP contribution is 2.21. The summed E-state index contributed by atoms with van der Waals surface area (Å²) in [6.07, 6.45) is 1.95. The van der Waals surface area contributed by atoms with Gasteiger partial charge in [0, 0.05) is 24.7 Å². The molecule has 0 spiro atoms. The Balaban J connectivity index is 2.15. The van der Waals surface area contributed by atoms with E-state index in [1.807, 2.05) is 30.9 Å². The van der Waals surface area contributed by atoms with Crippen LogP contribution < -0.4 is 5.73 Å². The Kier molecular flexibility index (Phi) is 4.25. The van der Waals surface area contributed by atoms with Gasteiger partial charge in [0.25, 0.3) is 5.91 Å². The molecule has 1 saturated heterocycles. The molecule has 1 aromatic carbocycles. The monoisotopic (exact) mass is 260 g/mol. The third kappa shape index (κ3) is 3.16. The molecule has 1 amide bonds. The first-order valence-corrected chi connectivity index (χ1v) is 7.14. The summed E-state index contributed by atoms with van der Waals surface area (Å²) in [7, 11) is 0. The molecule has 19 heavy (non-hydrogen) atoms. The molecule has 1 aliphatic rings. The highest BCUT2D eigenvalue weighted by molar-refractivity contribution is 5.94. The molecule has 2 N–H and O–H groups in total. The standard InChI is InChI=1S/C16H24N2O/c1-4-13-10-18(6-5-15(13)17)16(19)14-8-11(2)7-12(3)9-14/h7-9,13,15H,4-6,10,17H2,1-3H3. The Hall–Kier alpha value is -1.35. The van der Waals surface area contributed by atoms with Gasteiger partial charge in [0.2, 0.25) is 0 Å². The van der Waals surface area contributed by atoms with Crippen LogP contribution in [0.4, 0.5) is 0 Å². The minimum absolute atomic E-state index is 0.150. The van der Waals surface area contributed by atoms with Crippen molar-refractivity contribution in [1.29, 1.82) is 0 Å². The summed E-state index contributed by atoms with van der Waals surface area (Å²) in [6.45, 7) is 7.79. The lowest BCUT2D eigenvalue weighted by atomic mass is 9.90. The summed E-state index contributed by atoms with van der Waals surface area (Å²) in [5.41, 5.74) is 9.19. The molecule has 3 nitrogen and oxygen atoms in total. The minimum Gasteiger partial charge on any atom is -0.338 e. The van der Waals surface area contributed by atoms with E-state index in [1.165, 1.54) is 0 Å². The lowest BCUT2D eigenvalue weighted by Gasteiger charge is -2.36. The quantitative estimate of drug-likeness (QED) is 0.888. The van der Waals surface area contributed by atoms with Crippen LogP contribution in [0.15, 0.2) is 18.2 Å². The van der Waals surface area contributed by atoms with Crippen LogP contribution >= 0.6 is 0 Å². The number of nitrogens with two attached hydrogens (primary N) is 1. The van der Waals surface area contributed by atoms with Crippen LogP contribution in [0.1, 0.15) is 41.3 Å². The van der Waals surface area contributed by atoms with Crippen molar-refractivity contribution in [2.75, 3.05) is 13.1 Å². The lowest BCUT2D eigenvalue weighted by molar-refractivity contribution is 0.0649. The molecule has 0 saturated carbocycles. The van der Waals surface area contributed by atoms with Gasteiger partial charge in [0.05, 0.1) is 0 Å². The summed E-state index contributed by atoms with van der Waals surface area (Å²) in [6, 6.07) is 6.29. The van der Waals surface area contributed by atoms with E-state index in [4.69, 9.17) is 5.73 Å². The Morgan fingerprint density at radius 2 is 1.95 bits per heavy atom. The van der Waals surface area contributed by atoms with Crippen LogP contribution in [0.3, 0.4) is 0 Å². The Labute approximate surface area is 115 Å². The third-order valence-corrected chi connectivity index (χ3v) is 4.07. The van der Waals surface area contributed by atoms with E-state index in [9.17, 15) is 4.79 Å². The maximum absolute atomic E-state index is 12.6. The molecular formula is C16H24N2O. The van der Waals surface area contributed by atoms with E-state index < -0.39 is 0 Å². The molecule has 1 heterocycles. The smallest absolute Gasteiger partial charge is 0.253 e. The largest absolute Gasteiger partial charge is 0.338 e. The number of rotatable bonds is 2. The van der Waals surface area contributed by atoms with E-state index in [0.717, 1.165) is 42.6 Å². The number of hydrogen-bond donors (Lipinski definition) is 1. The van der Waals surface area contributed by atoms with E-state index >= 15 is 0 Å². The summed E-state index contributed by atoms with van der Waals surface area (Å²) >= 11 is 0. The first-order chi connectivity index (χ1) is 9.01. The van der Waals surface area contributed by atoms with Crippen molar-refractivity contribution in [2.45, 2.75) is 39.7 Å². The van der Waals surface area contributed by atoms with Gasteiger partial charge < -0.3 is 10.6 Å². The van der Waals surface area contributed by atoms with E-state index in [0.29, 0.717) is 5.92 Å². The third-order valence-electron chi connectivity index (χ3n) is 4.07. The second kappa shape index (κ2) is 5.74. The van der Waals surface area contributed by atoms with Crippen LogP contribution in [-0.4, -0.2) is 29.9 Å². The molecule has 1 fully saturated rings. The van der Waals surface area contributed by atoms with Gasteiger partial charge in [-0.25, -0.2) is 0 Å². The number of carbonyl (C=O) groups excluding carboxylic acids is 1. The number of nitrogens with zero attached hydrogens (tertiary/aromatic N) is 1. The van der Waals surface area contributed by atoms with Crippen molar-refractivity contribution < 1.29 is 4.79 Å². The molecule has 1 aliphatic heterocycles. The highest BCUT2D eigenvalue weighted by Gasteiger charge is 2.28. The predicted molar refractivity (Wildman–Crippen MR) is 78.2 cm³/mol. The lowest BCUT2D eigenvalue weighted by Crippen LogP contribution is -2.49. The molecule has 2 atom stereocenters. The van der Waals surface area contributed by atoms with Gasteiger partial charge in [-0.05, 0) is 38.3 Å². The number of carbonyl (C=O) groups is 1. The second-order valence-electron chi connectivity index (χ2n) is 5.75. The number of hydrogen-bond acceptors (Lipinski definition) is 2. The first-order valence-electron chi connectivity index (χ1n) is 7.14. The molecule has 2 rings (SSSR count).